The first-order valence-corrected chi connectivity index (χ1v) is 4.49. The van der Waals surface area contributed by atoms with Crippen LogP contribution in [0.15, 0.2) is 18.2 Å². The highest BCUT2D eigenvalue weighted by molar-refractivity contribution is 6.06. The number of Topliss-reactive ketones (excluding diaryl/α,β-unsaturated/α-hetero) is 1. The lowest BCUT2D eigenvalue weighted by Crippen LogP contribution is -2.11. The van der Waals surface area contributed by atoms with Gasteiger partial charge in [-0.15, -0.1) is 0 Å². The van der Waals surface area contributed by atoms with Gasteiger partial charge in [-0.05, 0) is 13.0 Å². The molecule has 0 radical (unpaired) electrons. The Morgan fingerprint density at radius 1 is 1.31 bits per heavy atom. The van der Waals surface area contributed by atoms with E-state index in [1.165, 1.54) is 32.0 Å². The number of hydrogen-bond donors (Lipinski definition) is 1. The van der Waals surface area contributed by atoms with Gasteiger partial charge in [-0.3, -0.25) is 19.7 Å². The summed E-state index contributed by atoms with van der Waals surface area (Å²) >= 11 is 0. The molecule has 0 spiro atoms. The van der Waals surface area contributed by atoms with E-state index in [0.717, 1.165) is 0 Å². The van der Waals surface area contributed by atoms with E-state index in [1.807, 2.05) is 0 Å². The van der Waals surface area contributed by atoms with Crippen molar-refractivity contribution >= 4 is 23.1 Å². The summed E-state index contributed by atoms with van der Waals surface area (Å²) in [6.07, 6.45) is 0. The summed E-state index contributed by atoms with van der Waals surface area (Å²) in [5.74, 6) is -0.848. The first-order chi connectivity index (χ1) is 7.43. The minimum Gasteiger partial charge on any atom is -0.325 e. The van der Waals surface area contributed by atoms with Crippen molar-refractivity contribution in [3.05, 3.63) is 33.9 Å². The van der Waals surface area contributed by atoms with Crippen LogP contribution in [-0.4, -0.2) is 16.6 Å². The van der Waals surface area contributed by atoms with Gasteiger partial charge in [0, 0.05) is 13.0 Å². The van der Waals surface area contributed by atoms with Gasteiger partial charge in [-0.1, -0.05) is 6.07 Å². The zero-order chi connectivity index (χ0) is 12.3. The maximum Gasteiger partial charge on any atom is 0.282 e. The molecule has 0 atom stereocenters. The van der Waals surface area contributed by atoms with Crippen LogP contribution >= 0.6 is 0 Å². The average molecular weight is 222 g/mol. The summed E-state index contributed by atoms with van der Waals surface area (Å²) < 4.78 is 0. The van der Waals surface area contributed by atoms with E-state index in [2.05, 4.69) is 5.32 Å². The summed E-state index contributed by atoms with van der Waals surface area (Å²) in [5, 5.41) is 13.1. The number of nitrogens with zero attached hydrogens (tertiary/aromatic N) is 1. The minimum absolute atomic E-state index is 0.0808. The number of benzene rings is 1. The van der Waals surface area contributed by atoms with Gasteiger partial charge in [0.25, 0.3) is 5.69 Å². The van der Waals surface area contributed by atoms with Crippen molar-refractivity contribution < 1.29 is 14.5 Å². The fourth-order valence-corrected chi connectivity index (χ4v) is 1.36. The van der Waals surface area contributed by atoms with E-state index in [4.69, 9.17) is 0 Å². The molecule has 1 aromatic carbocycles. The number of nitro benzene ring substituents is 1. The number of nitrogens with one attached hydrogen (secondary N) is 1. The summed E-state index contributed by atoms with van der Waals surface area (Å²) in [6, 6.07) is 4.09. The zero-order valence-electron chi connectivity index (χ0n) is 8.81. The molecule has 1 amide bonds. The van der Waals surface area contributed by atoms with Crippen LogP contribution in [0.4, 0.5) is 11.4 Å². The molecule has 6 nitrogen and oxygen atoms in total. The Morgan fingerprint density at radius 2 is 1.94 bits per heavy atom. The van der Waals surface area contributed by atoms with E-state index in [0.29, 0.717) is 0 Å². The van der Waals surface area contributed by atoms with Crippen LogP contribution in [0.1, 0.15) is 24.2 Å². The predicted octanol–water partition coefficient (Wildman–Crippen LogP) is 1.76. The zero-order valence-corrected chi connectivity index (χ0v) is 8.81. The van der Waals surface area contributed by atoms with Gasteiger partial charge < -0.3 is 5.32 Å². The van der Waals surface area contributed by atoms with E-state index in [1.54, 1.807) is 0 Å². The predicted molar refractivity (Wildman–Crippen MR) is 57.4 cm³/mol. The summed E-state index contributed by atoms with van der Waals surface area (Å²) in [4.78, 5) is 32.2. The number of nitro groups is 1. The molecule has 0 aromatic heterocycles. The molecule has 0 saturated heterocycles. The summed E-state index contributed by atoms with van der Waals surface area (Å²) in [7, 11) is 0. The van der Waals surface area contributed by atoms with Crippen molar-refractivity contribution in [2.24, 2.45) is 0 Å². The molecule has 84 valence electrons. The number of hydrogen-bond acceptors (Lipinski definition) is 4. The van der Waals surface area contributed by atoms with Crippen LogP contribution < -0.4 is 5.32 Å². The van der Waals surface area contributed by atoms with E-state index >= 15 is 0 Å². The fraction of sp³-hybridized carbons (Fsp3) is 0.200. The first kappa shape index (κ1) is 11.8. The average Bonchev–Trinajstić information content (AvgIpc) is 2.15. The van der Waals surface area contributed by atoms with Crippen molar-refractivity contribution in [3.8, 4) is 0 Å². The van der Waals surface area contributed by atoms with Gasteiger partial charge in [0.2, 0.25) is 5.91 Å². The Bertz CT molecular complexity index is 468. The van der Waals surface area contributed by atoms with Gasteiger partial charge >= 0.3 is 0 Å². The number of carbonyl (C=O) groups excluding carboxylic acids is 2. The molecule has 1 N–H and O–H groups in total. The number of amides is 1. The molecule has 0 aliphatic carbocycles. The Hall–Kier alpha value is -2.24. The molecule has 0 heterocycles. The number of carbonyl (C=O) groups is 2. The van der Waals surface area contributed by atoms with Gasteiger partial charge in [0.05, 0.1) is 10.6 Å². The van der Waals surface area contributed by atoms with E-state index in [-0.39, 0.29) is 22.8 Å². The Morgan fingerprint density at radius 3 is 2.38 bits per heavy atom. The van der Waals surface area contributed by atoms with E-state index < -0.39 is 10.7 Å². The number of rotatable bonds is 3. The van der Waals surface area contributed by atoms with Crippen molar-refractivity contribution in [1.82, 2.24) is 0 Å². The lowest BCUT2D eigenvalue weighted by molar-refractivity contribution is -0.385. The molecular formula is C10H10N2O4. The lowest BCUT2D eigenvalue weighted by Gasteiger charge is -2.07. The lowest BCUT2D eigenvalue weighted by atomic mass is 10.1. The molecule has 0 unspecified atom stereocenters. The van der Waals surface area contributed by atoms with Crippen molar-refractivity contribution in [2.75, 3.05) is 5.32 Å². The molecule has 16 heavy (non-hydrogen) atoms. The van der Waals surface area contributed by atoms with Crippen LogP contribution in [0.25, 0.3) is 0 Å². The SMILES string of the molecule is CC(=O)Nc1cccc([N+](=O)[O-])c1C(C)=O. The number of anilines is 1. The van der Waals surface area contributed by atoms with E-state index in [9.17, 15) is 19.7 Å². The Balaban J connectivity index is 3.38. The molecule has 0 bridgehead atoms. The second-order valence-electron chi connectivity index (χ2n) is 3.19. The third kappa shape index (κ3) is 2.41. The standard InChI is InChI=1S/C10H10N2O4/c1-6(13)10-8(11-7(2)14)4-3-5-9(10)12(15)16/h3-5H,1-2H3,(H,11,14). The molecule has 0 aliphatic rings. The van der Waals surface area contributed by atoms with Crippen molar-refractivity contribution in [1.29, 1.82) is 0 Å². The molecular weight excluding hydrogens is 212 g/mol. The van der Waals surface area contributed by atoms with Gasteiger partial charge in [-0.2, -0.15) is 0 Å². The van der Waals surface area contributed by atoms with Crippen LogP contribution in [-0.2, 0) is 4.79 Å². The van der Waals surface area contributed by atoms with Gasteiger partial charge in [-0.25, -0.2) is 0 Å². The summed E-state index contributed by atoms with van der Waals surface area (Å²) in [5.41, 5.74) is -0.226. The highest BCUT2D eigenvalue weighted by atomic mass is 16.6. The second-order valence-corrected chi connectivity index (χ2v) is 3.19. The van der Waals surface area contributed by atoms with Gasteiger partial charge in [0.15, 0.2) is 5.78 Å². The first-order valence-electron chi connectivity index (χ1n) is 4.49. The molecule has 1 rings (SSSR count). The minimum atomic E-state index is -0.651. The largest absolute Gasteiger partial charge is 0.325 e. The molecule has 1 aromatic rings. The highest BCUT2D eigenvalue weighted by Crippen LogP contribution is 2.26. The Kier molecular flexibility index (Phi) is 3.34. The van der Waals surface area contributed by atoms with Crippen LogP contribution in [0.2, 0.25) is 0 Å². The van der Waals surface area contributed by atoms with Crippen LogP contribution in [0.5, 0.6) is 0 Å². The quantitative estimate of drug-likeness (QED) is 0.479. The van der Waals surface area contributed by atoms with Crippen LogP contribution in [0.3, 0.4) is 0 Å². The van der Waals surface area contributed by atoms with Crippen molar-refractivity contribution in [3.63, 3.8) is 0 Å². The van der Waals surface area contributed by atoms with Crippen molar-refractivity contribution in [2.45, 2.75) is 13.8 Å². The topological polar surface area (TPSA) is 89.3 Å². The van der Waals surface area contributed by atoms with Crippen LogP contribution in [0, 0.1) is 10.1 Å². The molecule has 0 aliphatic heterocycles. The molecule has 6 heteroatoms. The third-order valence-electron chi connectivity index (χ3n) is 1.90. The third-order valence-corrected chi connectivity index (χ3v) is 1.90. The summed E-state index contributed by atoms with van der Waals surface area (Å²) in [6.45, 7) is 2.48. The van der Waals surface area contributed by atoms with Gasteiger partial charge in [0.1, 0.15) is 5.56 Å². The molecule has 0 saturated carbocycles. The maximum absolute atomic E-state index is 11.3. The monoisotopic (exact) mass is 222 g/mol. The normalized spacial score (nSPS) is 9.62. The number of ketones is 1. The second kappa shape index (κ2) is 4.52. The highest BCUT2D eigenvalue weighted by Gasteiger charge is 2.21. The maximum atomic E-state index is 11.3. The molecule has 0 fully saturated rings. The Labute approximate surface area is 91.4 Å². The fourth-order valence-electron chi connectivity index (χ4n) is 1.36. The smallest absolute Gasteiger partial charge is 0.282 e.